The third-order valence-corrected chi connectivity index (χ3v) is 12.3. The van der Waals surface area contributed by atoms with Crippen LogP contribution < -0.4 is 5.26 Å². The van der Waals surface area contributed by atoms with Gasteiger partial charge in [-0.1, -0.05) is 0 Å². The summed E-state index contributed by atoms with van der Waals surface area (Å²) in [4.78, 5) is 28.1. The first kappa shape index (κ1) is 25.4. The van der Waals surface area contributed by atoms with Crippen LogP contribution in [0.2, 0.25) is 0 Å². The van der Waals surface area contributed by atoms with Gasteiger partial charge in [0, 0.05) is 4.90 Å². The van der Waals surface area contributed by atoms with Gasteiger partial charge < -0.3 is 14.7 Å². The van der Waals surface area contributed by atoms with Crippen LogP contribution in [-0.4, -0.2) is 23.1 Å². The molecule has 1 aromatic carbocycles. The average Bonchev–Trinajstić information content (AvgIpc) is 2.88. The van der Waals surface area contributed by atoms with Crippen molar-refractivity contribution in [2.24, 2.45) is 47.3 Å². The van der Waals surface area contributed by atoms with Crippen LogP contribution in [0.5, 0.6) is 0 Å². The number of rotatable bonds is 7. The quantitative estimate of drug-likeness (QED) is 0.189. The lowest BCUT2D eigenvalue weighted by Gasteiger charge is -2.59. The topological polar surface area (TPSA) is 94.1 Å². The van der Waals surface area contributed by atoms with Crippen molar-refractivity contribution in [3.8, 4) is 0 Å². The minimum atomic E-state index is -0.531. The second-order valence-electron chi connectivity index (χ2n) is 13.7. The first-order chi connectivity index (χ1) is 18.2. The van der Waals surface area contributed by atoms with Crippen LogP contribution in [0.3, 0.4) is 0 Å². The summed E-state index contributed by atoms with van der Waals surface area (Å²) in [5.74, 6) is 3.52. The Labute approximate surface area is 228 Å². The summed E-state index contributed by atoms with van der Waals surface area (Å²) in [6.45, 7) is 4.20. The van der Waals surface area contributed by atoms with Crippen LogP contribution in [0.15, 0.2) is 23.1 Å². The third-order valence-electron chi connectivity index (χ3n) is 11.7. The zero-order valence-electron chi connectivity index (χ0n) is 22.2. The van der Waals surface area contributed by atoms with Crippen molar-refractivity contribution in [2.45, 2.75) is 94.2 Å². The van der Waals surface area contributed by atoms with Crippen molar-refractivity contribution in [3.05, 3.63) is 29.3 Å². The Balaban J connectivity index is 1.16. The largest absolute Gasteiger partial charge is 0.691 e. The molecule has 8 aliphatic rings. The highest BCUT2D eigenvalue weighted by atomic mass is 32.2. The molecule has 7 nitrogen and oxygen atoms in total. The molecule has 0 saturated heterocycles. The highest BCUT2D eigenvalue weighted by molar-refractivity contribution is 7.94. The van der Waals surface area contributed by atoms with Crippen LogP contribution in [0, 0.1) is 47.3 Å². The van der Waals surface area contributed by atoms with Crippen molar-refractivity contribution in [1.82, 2.24) is 0 Å². The van der Waals surface area contributed by atoms with Gasteiger partial charge in [0.05, 0.1) is 23.2 Å². The molecule has 0 aromatic heterocycles. The molecule has 8 aliphatic carbocycles. The van der Waals surface area contributed by atoms with Gasteiger partial charge in [-0.15, -0.1) is 0 Å². The van der Waals surface area contributed by atoms with Gasteiger partial charge in [0.25, 0.3) is 0 Å². The number of carbonyl (C=O) groups is 2. The summed E-state index contributed by atoms with van der Waals surface area (Å²) in [6.07, 6.45) is 11.6. The van der Waals surface area contributed by atoms with E-state index < -0.39 is 23.1 Å². The Kier molecular flexibility index (Phi) is 6.15. The van der Waals surface area contributed by atoms with Gasteiger partial charge in [-0.25, -0.2) is 9.59 Å². The zero-order chi connectivity index (χ0) is 26.2. The second-order valence-corrected chi connectivity index (χ2v) is 14.5. The molecule has 0 aliphatic heterocycles. The van der Waals surface area contributed by atoms with Crippen molar-refractivity contribution >= 4 is 24.0 Å². The number of hydrogen-bond acceptors (Lipinski definition) is 8. The van der Waals surface area contributed by atoms with Gasteiger partial charge in [0.2, 0.25) is 0 Å². The Morgan fingerprint density at radius 1 is 0.711 bits per heavy atom. The SMILES string of the molecule is CC1(OC(=O)c2ccc(SOO[O-])cc2C(=O)OC2(C)C3CC4CC(C3)CC2C4)C2CC3CC(C2)CC1C3. The number of hydrogen-bond donors (Lipinski definition) is 0. The first-order valence-corrected chi connectivity index (χ1v) is 15.2. The number of benzene rings is 1. The van der Waals surface area contributed by atoms with E-state index in [4.69, 9.17) is 9.47 Å². The predicted molar refractivity (Wildman–Crippen MR) is 136 cm³/mol. The van der Waals surface area contributed by atoms with Gasteiger partial charge in [0.15, 0.2) is 0 Å². The molecule has 9 rings (SSSR count). The molecule has 1 aromatic rings. The Bertz CT molecular complexity index is 1080. The van der Waals surface area contributed by atoms with Gasteiger partial charge in [-0.3, -0.25) is 5.04 Å². The van der Waals surface area contributed by atoms with Crippen LogP contribution >= 0.6 is 12.0 Å². The van der Waals surface area contributed by atoms with E-state index >= 15 is 0 Å². The summed E-state index contributed by atoms with van der Waals surface area (Å²) in [6, 6.07) is 4.79. The van der Waals surface area contributed by atoms with Crippen LogP contribution in [0.4, 0.5) is 0 Å². The van der Waals surface area contributed by atoms with E-state index in [0.29, 0.717) is 40.6 Å². The number of carbonyl (C=O) groups excluding carboxylic acids is 2. The Hall–Kier alpha value is -1.61. The van der Waals surface area contributed by atoms with E-state index in [-0.39, 0.29) is 11.1 Å². The van der Waals surface area contributed by atoms with Gasteiger partial charge in [-0.05, 0) is 144 Å². The molecule has 206 valence electrons. The molecule has 0 N–H and O–H groups in total. The van der Waals surface area contributed by atoms with Crippen molar-refractivity contribution in [2.75, 3.05) is 0 Å². The summed E-state index contributed by atoms with van der Waals surface area (Å²) < 4.78 is 17.2. The van der Waals surface area contributed by atoms with E-state index in [0.717, 1.165) is 75.0 Å². The third kappa shape index (κ3) is 4.04. The second kappa shape index (κ2) is 9.22. The Morgan fingerprint density at radius 2 is 1.13 bits per heavy atom. The molecular weight excluding hydrogens is 504 g/mol. The molecule has 8 fully saturated rings. The predicted octanol–water partition coefficient (Wildman–Crippen LogP) is 5.66. The molecule has 8 bridgehead atoms. The van der Waals surface area contributed by atoms with E-state index in [1.165, 1.54) is 12.8 Å². The van der Waals surface area contributed by atoms with Crippen molar-refractivity contribution < 1.29 is 33.7 Å². The van der Waals surface area contributed by atoms with E-state index in [1.807, 2.05) is 0 Å². The fraction of sp³-hybridized carbons (Fsp3) is 0.733. The zero-order valence-corrected chi connectivity index (χ0v) is 23.0. The molecule has 38 heavy (non-hydrogen) atoms. The number of esters is 2. The fourth-order valence-corrected chi connectivity index (χ4v) is 10.5. The van der Waals surface area contributed by atoms with Crippen LogP contribution in [-0.2, 0) is 18.8 Å². The lowest BCUT2D eigenvalue weighted by molar-refractivity contribution is -0.777. The van der Waals surface area contributed by atoms with Crippen LogP contribution in [0.1, 0.15) is 98.8 Å². The molecule has 8 saturated carbocycles. The summed E-state index contributed by atoms with van der Waals surface area (Å²) in [5, 5.41) is 13.9. The minimum Gasteiger partial charge on any atom is -0.691 e. The highest BCUT2D eigenvalue weighted by Gasteiger charge is 2.58. The summed E-state index contributed by atoms with van der Waals surface area (Å²) in [5.41, 5.74) is -0.662. The summed E-state index contributed by atoms with van der Waals surface area (Å²) >= 11 is 0.699. The number of ether oxygens (including phenoxy) is 2. The maximum atomic E-state index is 13.8. The monoisotopic (exact) mass is 541 g/mol. The van der Waals surface area contributed by atoms with Gasteiger partial charge in [-0.2, -0.15) is 4.33 Å². The average molecular weight is 542 g/mol. The molecule has 0 atom stereocenters. The van der Waals surface area contributed by atoms with E-state index in [2.05, 4.69) is 23.2 Å². The lowest BCUT2D eigenvalue weighted by Crippen LogP contribution is -2.58. The molecule has 0 unspecified atom stereocenters. The highest BCUT2D eigenvalue weighted by Crippen LogP contribution is 2.61. The lowest BCUT2D eigenvalue weighted by atomic mass is 9.50. The molecule has 0 radical (unpaired) electrons. The molecule has 0 amide bonds. The summed E-state index contributed by atoms with van der Waals surface area (Å²) in [7, 11) is 0. The molecule has 8 heteroatoms. The van der Waals surface area contributed by atoms with Crippen LogP contribution in [0.25, 0.3) is 0 Å². The smallest absolute Gasteiger partial charge is 0.339 e. The van der Waals surface area contributed by atoms with E-state index in [9.17, 15) is 14.8 Å². The Morgan fingerprint density at radius 3 is 1.55 bits per heavy atom. The molecule has 0 heterocycles. The first-order valence-electron chi connectivity index (χ1n) is 14.5. The van der Waals surface area contributed by atoms with E-state index in [1.54, 1.807) is 18.2 Å². The maximum absolute atomic E-state index is 13.8. The van der Waals surface area contributed by atoms with Crippen molar-refractivity contribution in [3.63, 3.8) is 0 Å². The van der Waals surface area contributed by atoms with Gasteiger partial charge >= 0.3 is 11.9 Å². The minimum absolute atomic E-state index is 0.164. The fourth-order valence-electron chi connectivity index (χ4n) is 10.1. The van der Waals surface area contributed by atoms with Crippen molar-refractivity contribution in [1.29, 1.82) is 0 Å². The van der Waals surface area contributed by atoms with Gasteiger partial charge in [0.1, 0.15) is 11.2 Å². The molecule has 0 spiro atoms. The molecular formula is C30H37O7S-. The maximum Gasteiger partial charge on any atom is 0.339 e. The standard InChI is InChI=1S/C30H38O7S/c1-29(20-7-16-5-17(9-20)10-21(29)8-16)34-27(31)25-4-3-24(38-37-36-33)15-26(25)28(32)35-30(2)22-11-18-6-19(13-22)14-23(30)12-18/h3-4,15-23,33H,5-14H2,1-2H3/p-1. The normalized spacial score (nSPS) is 43.9.